The molecule has 0 aliphatic heterocycles. The quantitative estimate of drug-likeness (QED) is 0.648. The molecule has 5 heteroatoms. The van der Waals surface area contributed by atoms with E-state index in [1.54, 1.807) is 51.1 Å². The van der Waals surface area contributed by atoms with Gasteiger partial charge in [0.2, 0.25) is 0 Å². The minimum absolute atomic E-state index is 0.331. The molecule has 1 aromatic rings. The first-order chi connectivity index (χ1) is 8.22. The number of carboxylic acid groups (broad SMARTS) is 1. The summed E-state index contributed by atoms with van der Waals surface area (Å²) in [4.78, 5) is 29.3. The molecule has 0 radical (unpaired) electrons. The van der Waals surface area contributed by atoms with E-state index in [-0.39, 0.29) is 0 Å². The SMILES string of the molecule is CC(=O)OOC(C)(C)C.O=C(O)c1ccccc1. The Bertz CT molecular complexity index is 378. The van der Waals surface area contributed by atoms with Gasteiger partial charge in [0.15, 0.2) is 0 Å². The largest absolute Gasteiger partial charge is 0.478 e. The maximum Gasteiger partial charge on any atom is 0.339 e. The monoisotopic (exact) mass is 254 g/mol. The molecule has 0 fully saturated rings. The molecule has 0 saturated carbocycles. The topological polar surface area (TPSA) is 72.8 Å². The summed E-state index contributed by atoms with van der Waals surface area (Å²) in [5, 5.41) is 8.38. The molecule has 18 heavy (non-hydrogen) atoms. The van der Waals surface area contributed by atoms with Crippen LogP contribution in [0.15, 0.2) is 30.3 Å². The Kier molecular flexibility index (Phi) is 6.67. The van der Waals surface area contributed by atoms with Crippen LogP contribution in [0.1, 0.15) is 38.1 Å². The Morgan fingerprint density at radius 3 is 1.83 bits per heavy atom. The van der Waals surface area contributed by atoms with Gasteiger partial charge in [0, 0.05) is 6.92 Å². The highest BCUT2D eigenvalue weighted by Gasteiger charge is 2.12. The highest BCUT2D eigenvalue weighted by molar-refractivity contribution is 5.87. The standard InChI is InChI=1S/C7H6O2.C6H12O3/c8-7(9)6-4-2-1-3-5-6;1-5(7)8-9-6(2,3)4/h1-5H,(H,8,9);1-4H3. The third-order valence-corrected chi connectivity index (χ3v) is 1.43. The predicted octanol–water partition coefficient (Wildman–Crippen LogP) is 2.66. The van der Waals surface area contributed by atoms with E-state index in [1.807, 2.05) is 0 Å². The van der Waals surface area contributed by atoms with E-state index >= 15 is 0 Å². The van der Waals surface area contributed by atoms with Crippen molar-refractivity contribution in [2.75, 3.05) is 0 Å². The number of hydrogen-bond acceptors (Lipinski definition) is 4. The van der Waals surface area contributed by atoms with Gasteiger partial charge < -0.3 is 5.11 Å². The van der Waals surface area contributed by atoms with Crippen LogP contribution in [0.2, 0.25) is 0 Å². The highest BCUT2D eigenvalue weighted by Crippen LogP contribution is 2.06. The second kappa shape index (κ2) is 7.45. The molecule has 0 aromatic heterocycles. The molecule has 100 valence electrons. The molecule has 1 N–H and O–H groups in total. The van der Waals surface area contributed by atoms with Crippen LogP contribution in [0.25, 0.3) is 0 Å². The first-order valence-electron chi connectivity index (χ1n) is 5.37. The van der Waals surface area contributed by atoms with Gasteiger partial charge in [-0.15, -0.1) is 0 Å². The zero-order valence-electron chi connectivity index (χ0n) is 11.0. The molecular weight excluding hydrogens is 236 g/mol. The molecule has 1 aromatic carbocycles. The minimum atomic E-state index is -0.879. The van der Waals surface area contributed by atoms with Crippen LogP contribution in [0.4, 0.5) is 0 Å². The summed E-state index contributed by atoms with van der Waals surface area (Å²) in [6.07, 6.45) is 0. The lowest BCUT2D eigenvalue weighted by atomic mass is 10.2. The van der Waals surface area contributed by atoms with Crippen LogP contribution >= 0.6 is 0 Å². The van der Waals surface area contributed by atoms with Gasteiger partial charge in [0.1, 0.15) is 5.60 Å². The van der Waals surface area contributed by atoms with E-state index in [9.17, 15) is 9.59 Å². The van der Waals surface area contributed by atoms with E-state index < -0.39 is 17.5 Å². The van der Waals surface area contributed by atoms with E-state index in [4.69, 9.17) is 5.11 Å². The highest BCUT2D eigenvalue weighted by atomic mass is 17.2. The Hall–Kier alpha value is -1.88. The predicted molar refractivity (Wildman–Crippen MR) is 66.0 cm³/mol. The Labute approximate surface area is 106 Å². The first kappa shape index (κ1) is 16.1. The van der Waals surface area contributed by atoms with E-state index in [2.05, 4.69) is 9.78 Å². The molecule has 1 rings (SSSR count). The molecule has 0 saturated heterocycles. The summed E-state index contributed by atoms with van der Waals surface area (Å²) < 4.78 is 0. The van der Waals surface area contributed by atoms with Crippen LogP contribution in [-0.2, 0) is 14.6 Å². The van der Waals surface area contributed by atoms with Crippen molar-refractivity contribution in [3.63, 3.8) is 0 Å². The Morgan fingerprint density at radius 2 is 1.61 bits per heavy atom. The summed E-state index contributed by atoms with van der Waals surface area (Å²) in [5.41, 5.74) is -0.0800. The van der Waals surface area contributed by atoms with Gasteiger partial charge in [-0.1, -0.05) is 18.2 Å². The van der Waals surface area contributed by atoms with Gasteiger partial charge in [-0.05, 0) is 32.9 Å². The van der Waals surface area contributed by atoms with Gasteiger partial charge in [-0.3, -0.25) is 4.89 Å². The zero-order chi connectivity index (χ0) is 14.2. The molecule has 0 bridgehead atoms. The summed E-state index contributed by atoms with van der Waals surface area (Å²) in [5.74, 6) is -1.31. The van der Waals surface area contributed by atoms with Gasteiger partial charge >= 0.3 is 11.9 Å². The maximum atomic E-state index is 10.2. The first-order valence-corrected chi connectivity index (χ1v) is 5.37. The van der Waals surface area contributed by atoms with Crippen molar-refractivity contribution in [2.45, 2.75) is 33.3 Å². The second-order valence-electron chi connectivity index (χ2n) is 4.44. The third-order valence-electron chi connectivity index (χ3n) is 1.43. The zero-order valence-corrected chi connectivity index (χ0v) is 11.0. The molecular formula is C13H18O5. The van der Waals surface area contributed by atoms with Gasteiger partial charge in [-0.2, -0.15) is 4.89 Å². The number of carbonyl (C=O) groups excluding carboxylic acids is 1. The number of carbonyl (C=O) groups is 2. The fourth-order valence-electron chi connectivity index (χ4n) is 0.764. The average molecular weight is 254 g/mol. The van der Waals surface area contributed by atoms with Crippen LogP contribution in [-0.4, -0.2) is 22.6 Å². The lowest BCUT2D eigenvalue weighted by molar-refractivity contribution is -0.318. The van der Waals surface area contributed by atoms with Crippen molar-refractivity contribution in [2.24, 2.45) is 0 Å². The normalized spacial score (nSPS) is 10.0. The number of aromatic carboxylic acids is 1. The number of carboxylic acids is 1. The molecule has 0 atom stereocenters. The molecule has 0 aliphatic carbocycles. The van der Waals surface area contributed by atoms with Crippen molar-refractivity contribution in [3.8, 4) is 0 Å². The number of rotatable bonds is 2. The molecule has 0 aliphatic rings. The van der Waals surface area contributed by atoms with Gasteiger partial charge in [0.25, 0.3) is 0 Å². The smallest absolute Gasteiger partial charge is 0.339 e. The maximum absolute atomic E-state index is 10.2. The van der Waals surface area contributed by atoms with Crippen LogP contribution < -0.4 is 0 Å². The molecule has 0 spiro atoms. The fraction of sp³-hybridized carbons (Fsp3) is 0.385. The Balaban J connectivity index is 0.000000321. The number of hydrogen-bond donors (Lipinski definition) is 1. The summed E-state index contributed by atoms with van der Waals surface area (Å²) >= 11 is 0. The van der Waals surface area contributed by atoms with Crippen molar-refractivity contribution in [1.29, 1.82) is 0 Å². The second-order valence-corrected chi connectivity index (χ2v) is 4.44. The molecule has 0 unspecified atom stereocenters. The van der Waals surface area contributed by atoms with Crippen molar-refractivity contribution < 1.29 is 24.5 Å². The minimum Gasteiger partial charge on any atom is -0.478 e. The average Bonchev–Trinajstić information content (AvgIpc) is 2.27. The Morgan fingerprint density at radius 1 is 1.11 bits per heavy atom. The molecule has 0 amide bonds. The lowest BCUT2D eigenvalue weighted by Gasteiger charge is -2.15. The van der Waals surface area contributed by atoms with Crippen LogP contribution in [0.5, 0.6) is 0 Å². The van der Waals surface area contributed by atoms with Gasteiger partial charge in [0.05, 0.1) is 5.56 Å². The number of benzene rings is 1. The van der Waals surface area contributed by atoms with E-state index in [0.717, 1.165) is 0 Å². The van der Waals surface area contributed by atoms with E-state index in [0.29, 0.717) is 5.56 Å². The van der Waals surface area contributed by atoms with Crippen molar-refractivity contribution in [1.82, 2.24) is 0 Å². The van der Waals surface area contributed by atoms with Gasteiger partial charge in [-0.25, -0.2) is 9.59 Å². The summed E-state index contributed by atoms with van der Waals surface area (Å²) in [7, 11) is 0. The summed E-state index contributed by atoms with van der Waals surface area (Å²) in [6.45, 7) is 6.70. The molecule has 0 heterocycles. The van der Waals surface area contributed by atoms with Crippen LogP contribution in [0, 0.1) is 0 Å². The summed E-state index contributed by atoms with van der Waals surface area (Å²) in [6, 6.07) is 8.30. The third kappa shape index (κ3) is 9.35. The lowest BCUT2D eigenvalue weighted by Crippen LogP contribution is -2.20. The van der Waals surface area contributed by atoms with Crippen molar-refractivity contribution in [3.05, 3.63) is 35.9 Å². The molecule has 5 nitrogen and oxygen atoms in total. The fourth-order valence-corrected chi connectivity index (χ4v) is 0.764. The van der Waals surface area contributed by atoms with Crippen LogP contribution in [0.3, 0.4) is 0 Å². The van der Waals surface area contributed by atoms with Crippen molar-refractivity contribution >= 4 is 11.9 Å². The van der Waals surface area contributed by atoms with E-state index in [1.165, 1.54) is 6.92 Å².